The van der Waals surface area contributed by atoms with Crippen molar-refractivity contribution in [1.29, 1.82) is 0 Å². The van der Waals surface area contributed by atoms with Crippen LogP contribution < -0.4 is 0 Å². The second-order valence-electron chi connectivity index (χ2n) is 6.88. The van der Waals surface area contributed by atoms with Gasteiger partial charge in [0, 0.05) is 5.57 Å². The monoisotopic (exact) mass is 376 g/mol. The van der Waals surface area contributed by atoms with E-state index in [-0.39, 0.29) is 5.97 Å². The first-order valence-electron chi connectivity index (χ1n) is 9.69. The molecule has 0 bridgehead atoms. The van der Waals surface area contributed by atoms with Crippen LogP contribution in [0.4, 0.5) is 0 Å². The molecule has 4 N–H and O–H groups in total. The molecule has 6 heteroatoms. The maximum atomic E-state index is 11.1. The van der Waals surface area contributed by atoms with Crippen molar-refractivity contribution >= 4 is 5.97 Å². The first kappa shape index (κ1) is 27.3. The van der Waals surface area contributed by atoms with E-state index in [1.165, 1.54) is 44.9 Å². The number of carbonyl (C=O) groups is 1. The molecule has 0 aromatic rings. The van der Waals surface area contributed by atoms with Crippen LogP contribution in [0.3, 0.4) is 0 Å². The number of esters is 1. The van der Waals surface area contributed by atoms with Crippen molar-refractivity contribution in [2.45, 2.75) is 71.6 Å². The first-order chi connectivity index (χ1) is 12.4. The summed E-state index contributed by atoms with van der Waals surface area (Å²) in [7, 11) is 0. The average molecular weight is 377 g/mol. The Morgan fingerprint density at radius 3 is 1.50 bits per heavy atom. The zero-order chi connectivity index (χ0) is 20.3. The number of hydrogen-bond acceptors (Lipinski definition) is 6. The lowest BCUT2D eigenvalue weighted by Gasteiger charge is -2.23. The molecule has 0 spiro atoms. The molecule has 0 heterocycles. The second kappa shape index (κ2) is 18.8. The van der Waals surface area contributed by atoms with Gasteiger partial charge in [0.25, 0.3) is 0 Å². The summed E-state index contributed by atoms with van der Waals surface area (Å²) in [6.45, 7) is 6.38. The van der Waals surface area contributed by atoms with Crippen LogP contribution in [-0.2, 0) is 9.53 Å². The molecule has 156 valence electrons. The number of unbranched alkanes of at least 4 members (excludes halogenated alkanes) is 8. The Bertz CT molecular complexity index is 322. The molecule has 0 atom stereocenters. The highest BCUT2D eigenvalue weighted by atomic mass is 16.5. The molecule has 0 aliphatic carbocycles. The van der Waals surface area contributed by atoms with E-state index in [0.29, 0.717) is 12.2 Å². The summed E-state index contributed by atoms with van der Waals surface area (Å²) >= 11 is 0. The topological polar surface area (TPSA) is 107 Å². The van der Waals surface area contributed by atoms with Crippen molar-refractivity contribution in [2.24, 2.45) is 5.41 Å². The van der Waals surface area contributed by atoms with E-state index < -0.39 is 31.8 Å². The van der Waals surface area contributed by atoms with Crippen molar-refractivity contribution in [3.63, 3.8) is 0 Å². The summed E-state index contributed by atoms with van der Waals surface area (Å²) in [5, 5.41) is 34.0. The minimum Gasteiger partial charge on any atom is -0.462 e. The Labute approximate surface area is 158 Å². The summed E-state index contributed by atoms with van der Waals surface area (Å²) in [6, 6.07) is 0. The third-order valence-corrected chi connectivity index (χ3v) is 4.17. The summed E-state index contributed by atoms with van der Waals surface area (Å²) in [5.41, 5.74) is -0.624. The largest absolute Gasteiger partial charge is 0.462 e. The molecule has 0 aromatic carbocycles. The highest BCUT2D eigenvalue weighted by molar-refractivity contribution is 5.86. The zero-order valence-corrected chi connectivity index (χ0v) is 16.7. The highest BCUT2D eigenvalue weighted by Gasteiger charge is 2.26. The molecule has 26 heavy (non-hydrogen) atoms. The van der Waals surface area contributed by atoms with Crippen LogP contribution in [0.2, 0.25) is 0 Å². The minimum atomic E-state index is -1.11. The average Bonchev–Trinajstić information content (AvgIpc) is 2.66. The van der Waals surface area contributed by atoms with E-state index >= 15 is 0 Å². The van der Waals surface area contributed by atoms with Crippen molar-refractivity contribution < 1.29 is 30.0 Å². The fourth-order valence-corrected chi connectivity index (χ4v) is 2.00. The van der Waals surface area contributed by atoms with Gasteiger partial charge in [-0.2, -0.15) is 0 Å². The predicted octanol–water partition coefficient (Wildman–Crippen LogP) is 2.58. The molecule has 0 saturated carbocycles. The van der Waals surface area contributed by atoms with Gasteiger partial charge in [0.1, 0.15) is 0 Å². The van der Waals surface area contributed by atoms with E-state index in [4.69, 9.17) is 25.2 Å². The van der Waals surface area contributed by atoms with Crippen molar-refractivity contribution in [2.75, 3.05) is 33.0 Å². The standard InChI is InChI=1S/C15H28O2.C5H12O4/c1-4-5-6-7-8-9-10-11-12-13-17-15(16)14(2)3;6-1-5(2-7,3-8)4-9/h2,4-13H2,1,3H3;6-9H,1-4H2. The molecule has 0 fully saturated rings. The Balaban J connectivity index is 0. The molecule has 0 amide bonds. The number of ether oxygens (including phenoxy) is 1. The van der Waals surface area contributed by atoms with E-state index in [9.17, 15) is 4.79 Å². The molecule has 6 nitrogen and oxygen atoms in total. The van der Waals surface area contributed by atoms with Crippen molar-refractivity contribution in [3.05, 3.63) is 12.2 Å². The van der Waals surface area contributed by atoms with Gasteiger partial charge in [-0.25, -0.2) is 4.79 Å². The van der Waals surface area contributed by atoms with E-state index in [0.717, 1.165) is 12.8 Å². The van der Waals surface area contributed by atoms with Gasteiger partial charge in [0.05, 0.1) is 38.4 Å². The van der Waals surface area contributed by atoms with Crippen LogP contribution in [0.1, 0.15) is 71.6 Å². The molecule has 0 saturated heterocycles. The number of carbonyl (C=O) groups excluding carboxylic acids is 1. The lowest BCUT2D eigenvalue weighted by atomic mass is 9.93. The number of rotatable bonds is 15. The summed E-state index contributed by atoms with van der Waals surface area (Å²) < 4.78 is 5.02. The zero-order valence-electron chi connectivity index (χ0n) is 16.7. The summed E-state index contributed by atoms with van der Waals surface area (Å²) in [6.07, 6.45) is 11.5. The molecule has 0 aromatic heterocycles. The van der Waals surface area contributed by atoms with Gasteiger partial charge in [-0.3, -0.25) is 0 Å². The highest BCUT2D eigenvalue weighted by Crippen LogP contribution is 2.12. The third kappa shape index (κ3) is 15.3. The van der Waals surface area contributed by atoms with Gasteiger partial charge in [-0.1, -0.05) is 64.9 Å². The molecular formula is C20H40O6. The van der Waals surface area contributed by atoms with Crippen molar-refractivity contribution in [1.82, 2.24) is 0 Å². The summed E-state index contributed by atoms with van der Waals surface area (Å²) in [4.78, 5) is 11.1. The molecule has 0 unspecified atom stereocenters. The van der Waals surface area contributed by atoms with Gasteiger partial charge in [0.2, 0.25) is 0 Å². The fraction of sp³-hybridized carbons (Fsp3) is 0.850. The van der Waals surface area contributed by atoms with Crippen LogP contribution >= 0.6 is 0 Å². The van der Waals surface area contributed by atoms with Gasteiger partial charge >= 0.3 is 5.97 Å². The van der Waals surface area contributed by atoms with E-state index in [2.05, 4.69) is 13.5 Å². The normalized spacial score (nSPS) is 10.8. The Hall–Kier alpha value is -0.950. The maximum Gasteiger partial charge on any atom is 0.333 e. The molecule has 0 aliphatic heterocycles. The Morgan fingerprint density at radius 2 is 1.19 bits per heavy atom. The van der Waals surface area contributed by atoms with Crippen LogP contribution in [0.25, 0.3) is 0 Å². The van der Waals surface area contributed by atoms with Crippen LogP contribution in [0.5, 0.6) is 0 Å². The quantitative estimate of drug-likeness (QED) is 0.199. The van der Waals surface area contributed by atoms with E-state index in [1.54, 1.807) is 6.92 Å². The van der Waals surface area contributed by atoms with Crippen molar-refractivity contribution in [3.8, 4) is 0 Å². The van der Waals surface area contributed by atoms with Gasteiger partial charge in [-0.05, 0) is 13.3 Å². The van der Waals surface area contributed by atoms with Crippen LogP contribution in [0.15, 0.2) is 12.2 Å². The molecule has 0 aliphatic rings. The Kier molecular flexibility index (Phi) is 19.7. The van der Waals surface area contributed by atoms with Gasteiger partial charge in [-0.15, -0.1) is 0 Å². The summed E-state index contributed by atoms with van der Waals surface area (Å²) in [5.74, 6) is -0.260. The molecule has 0 rings (SSSR count). The minimum absolute atomic E-state index is 0.260. The lowest BCUT2D eigenvalue weighted by Crippen LogP contribution is -2.37. The van der Waals surface area contributed by atoms with Crippen LogP contribution in [-0.4, -0.2) is 59.4 Å². The van der Waals surface area contributed by atoms with Crippen LogP contribution in [0, 0.1) is 5.41 Å². The first-order valence-corrected chi connectivity index (χ1v) is 9.69. The lowest BCUT2D eigenvalue weighted by molar-refractivity contribution is -0.139. The number of aliphatic hydroxyl groups is 4. The smallest absolute Gasteiger partial charge is 0.333 e. The number of hydrogen-bond donors (Lipinski definition) is 4. The van der Waals surface area contributed by atoms with E-state index in [1.807, 2.05) is 0 Å². The fourth-order valence-electron chi connectivity index (χ4n) is 2.00. The number of aliphatic hydroxyl groups excluding tert-OH is 4. The Morgan fingerprint density at radius 1 is 0.808 bits per heavy atom. The molecular weight excluding hydrogens is 336 g/mol. The second-order valence-corrected chi connectivity index (χ2v) is 6.88. The maximum absolute atomic E-state index is 11.1. The van der Waals surface area contributed by atoms with Gasteiger partial charge in [0.15, 0.2) is 0 Å². The predicted molar refractivity (Wildman–Crippen MR) is 104 cm³/mol. The van der Waals surface area contributed by atoms with Gasteiger partial charge < -0.3 is 25.2 Å². The third-order valence-electron chi connectivity index (χ3n) is 4.17. The molecule has 0 radical (unpaired) electrons. The SMILES string of the molecule is C=C(C)C(=O)OCCCCCCCCCCC.OCC(CO)(CO)CO.